The number of hydrogen-bond acceptors (Lipinski definition) is 8. The van der Waals surface area contributed by atoms with Gasteiger partial charge in [-0.25, -0.2) is 14.2 Å². The molecule has 10 nitrogen and oxygen atoms in total. The molecular formula is C21H19ClFN3O7S. The van der Waals surface area contributed by atoms with E-state index in [2.05, 4.69) is 15.3 Å². The van der Waals surface area contributed by atoms with Gasteiger partial charge < -0.3 is 29.6 Å². The normalized spacial score (nSPS) is 18.2. The lowest BCUT2D eigenvalue weighted by atomic mass is 10.2. The van der Waals surface area contributed by atoms with Gasteiger partial charge in [-0.2, -0.15) is 0 Å². The summed E-state index contributed by atoms with van der Waals surface area (Å²) in [5.74, 6) is -2.39. The number of amides is 1. The van der Waals surface area contributed by atoms with Gasteiger partial charge in [-0.15, -0.1) is 11.3 Å². The van der Waals surface area contributed by atoms with Crippen molar-refractivity contribution in [2.75, 3.05) is 19.8 Å². The van der Waals surface area contributed by atoms with E-state index in [9.17, 15) is 18.8 Å². The highest BCUT2D eigenvalue weighted by Gasteiger charge is 2.27. The molecule has 0 bridgehead atoms. The fourth-order valence-electron chi connectivity index (χ4n) is 3.22. The average molecular weight is 512 g/mol. The van der Waals surface area contributed by atoms with Gasteiger partial charge in [-0.1, -0.05) is 17.7 Å². The molecule has 2 atom stereocenters. The molecule has 0 aliphatic carbocycles. The molecule has 1 fully saturated rings. The first-order valence-electron chi connectivity index (χ1n) is 10.1. The summed E-state index contributed by atoms with van der Waals surface area (Å²) in [4.78, 5) is 43.0. The van der Waals surface area contributed by atoms with E-state index in [1.54, 1.807) is 5.38 Å². The van der Waals surface area contributed by atoms with Gasteiger partial charge in [0.2, 0.25) is 5.82 Å². The zero-order valence-corrected chi connectivity index (χ0v) is 19.1. The average Bonchev–Trinajstić information content (AvgIpc) is 3.23. The van der Waals surface area contributed by atoms with Crippen molar-refractivity contribution >= 4 is 45.0 Å². The number of ether oxygens (including phenoxy) is 3. The molecule has 1 aromatic carbocycles. The molecular weight excluding hydrogens is 493 g/mol. The number of carbonyl (C=O) groups excluding carboxylic acids is 1. The number of hydrogen-bond donors (Lipinski definition) is 3. The zero-order chi connectivity index (χ0) is 24.2. The van der Waals surface area contributed by atoms with Gasteiger partial charge in [-0.05, 0) is 23.1 Å². The summed E-state index contributed by atoms with van der Waals surface area (Å²) in [7, 11) is 0. The van der Waals surface area contributed by atoms with Crippen LogP contribution in [-0.4, -0.2) is 59.0 Å². The van der Waals surface area contributed by atoms with Crippen LogP contribution in [0.15, 0.2) is 28.4 Å². The first kappa shape index (κ1) is 24.2. The van der Waals surface area contributed by atoms with Crippen LogP contribution >= 0.6 is 22.9 Å². The Kier molecular flexibility index (Phi) is 7.54. The van der Waals surface area contributed by atoms with E-state index >= 15 is 0 Å². The number of thiophene rings is 1. The van der Waals surface area contributed by atoms with Crippen LogP contribution in [0.1, 0.15) is 21.7 Å². The smallest absolute Gasteiger partial charge is 0.335 e. The maximum absolute atomic E-state index is 13.3. The van der Waals surface area contributed by atoms with E-state index in [0.29, 0.717) is 21.3 Å². The molecule has 13 heteroatoms. The lowest BCUT2D eigenvalue weighted by Gasteiger charge is -2.27. The second-order valence-electron chi connectivity index (χ2n) is 7.42. The Morgan fingerprint density at radius 3 is 2.88 bits per heavy atom. The number of aliphatic carboxylic acids is 1. The number of aromatic amines is 1. The molecule has 0 spiro atoms. The standard InChI is InChI=1S/C21H19ClFN3O7S/c22-13-3-10(1-2-14(13)23)4-24-19(28)17-25-18(27)16-11(9-34-20(16)26-17)5-31-6-12-7-33-15(8-32-12)21(29)30/h1-3,9,12,15H,4-8H2,(H,24,28)(H,29,30)(H,25,26,27). The van der Waals surface area contributed by atoms with Crippen molar-refractivity contribution in [2.24, 2.45) is 0 Å². The quantitative estimate of drug-likeness (QED) is 0.417. The van der Waals surface area contributed by atoms with E-state index in [4.69, 9.17) is 30.9 Å². The highest BCUT2D eigenvalue weighted by molar-refractivity contribution is 7.16. The van der Waals surface area contributed by atoms with E-state index in [1.807, 2.05) is 0 Å². The molecule has 1 saturated heterocycles. The van der Waals surface area contributed by atoms with E-state index < -0.39 is 35.5 Å². The van der Waals surface area contributed by atoms with Crippen LogP contribution in [0.2, 0.25) is 5.02 Å². The molecule has 34 heavy (non-hydrogen) atoms. The summed E-state index contributed by atoms with van der Waals surface area (Å²) in [6, 6.07) is 4.09. The highest BCUT2D eigenvalue weighted by atomic mass is 35.5. The Bertz CT molecular complexity index is 1270. The molecule has 0 radical (unpaired) electrons. The Labute approximate surface area is 200 Å². The molecule has 1 aliphatic heterocycles. The van der Waals surface area contributed by atoms with Gasteiger partial charge in [0.1, 0.15) is 16.8 Å². The molecule has 1 amide bonds. The van der Waals surface area contributed by atoms with Crippen molar-refractivity contribution in [3.8, 4) is 0 Å². The first-order chi connectivity index (χ1) is 16.3. The lowest BCUT2D eigenvalue weighted by molar-refractivity contribution is -0.181. The largest absolute Gasteiger partial charge is 0.479 e. The summed E-state index contributed by atoms with van der Waals surface area (Å²) < 4.78 is 29.5. The number of rotatable bonds is 8. The molecule has 3 heterocycles. The van der Waals surface area contributed by atoms with Crippen molar-refractivity contribution in [3.63, 3.8) is 0 Å². The number of carboxylic acids is 1. The number of nitrogens with zero attached hydrogens (tertiary/aromatic N) is 1. The summed E-state index contributed by atoms with van der Waals surface area (Å²) >= 11 is 6.94. The molecule has 2 unspecified atom stereocenters. The van der Waals surface area contributed by atoms with Crippen molar-refractivity contribution in [1.29, 1.82) is 0 Å². The maximum Gasteiger partial charge on any atom is 0.335 e. The van der Waals surface area contributed by atoms with Gasteiger partial charge in [-0.3, -0.25) is 9.59 Å². The van der Waals surface area contributed by atoms with Crippen LogP contribution in [0.3, 0.4) is 0 Å². The fourth-order valence-corrected chi connectivity index (χ4v) is 4.35. The van der Waals surface area contributed by atoms with Crippen LogP contribution in [0.25, 0.3) is 10.2 Å². The van der Waals surface area contributed by atoms with Gasteiger partial charge in [0, 0.05) is 12.1 Å². The number of nitrogens with one attached hydrogen (secondary N) is 2. The Morgan fingerprint density at radius 2 is 2.18 bits per heavy atom. The summed E-state index contributed by atoms with van der Waals surface area (Å²) in [5, 5.41) is 13.5. The molecule has 0 saturated carbocycles. The second kappa shape index (κ2) is 10.6. The van der Waals surface area contributed by atoms with Crippen LogP contribution in [0.4, 0.5) is 4.39 Å². The number of benzene rings is 1. The minimum atomic E-state index is -1.08. The predicted octanol–water partition coefficient (Wildman–Crippen LogP) is 2.09. The van der Waals surface area contributed by atoms with Crippen molar-refractivity contribution in [2.45, 2.75) is 25.4 Å². The van der Waals surface area contributed by atoms with E-state index in [1.165, 1.54) is 29.5 Å². The minimum Gasteiger partial charge on any atom is -0.479 e. The molecule has 2 aromatic heterocycles. The summed E-state index contributed by atoms with van der Waals surface area (Å²) in [6.45, 7) is 0.358. The fraction of sp³-hybridized carbons (Fsp3) is 0.333. The predicted molar refractivity (Wildman–Crippen MR) is 120 cm³/mol. The molecule has 3 aromatic rings. The number of halogens is 2. The number of aromatic nitrogens is 2. The lowest BCUT2D eigenvalue weighted by Crippen LogP contribution is -2.42. The third-order valence-electron chi connectivity index (χ3n) is 4.98. The first-order valence-corrected chi connectivity index (χ1v) is 11.3. The van der Waals surface area contributed by atoms with Crippen LogP contribution in [0.5, 0.6) is 0 Å². The Balaban J connectivity index is 1.35. The van der Waals surface area contributed by atoms with E-state index in [0.717, 1.165) is 0 Å². The molecule has 3 N–H and O–H groups in total. The number of H-pyrrole nitrogens is 1. The summed E-state index contributed by atoms with van der Waals surface area (Å²) in [6.07, 6.45) is -1.40. The van der Waals surface area contributed by atoms with Gasteiger partial charge in [0.15, 0.2) is 6.10 Å². The highest BCUT2D eigenvalue weighted by Crippen LogP contribution is 2.22. The van der Waals surface area contributed by atoms with Crippen LogP contribution in [0, 0.1) is 5.82 Å². The van der Waals surface area contributed by atoms with Crippen molar-refractivity contribution < 1.29 is 33.3 Å². The molecule has 1 aliphatic rings. The number of carbonyl (C=O) groups is 2. The topological polar surface area (TPSA) is 140 Å². The van der Waals surface area contributed by atoms with Crippen molar-refractivity contribution in [1.82, 2.24) is 15.3 Å². The maximum atomic E-state index is 13.3. The van der Waals surface area contributed by atoms with Gasteiger partial charge in [0.25, 0.3) is 11.5 Å². The summed E-state index contributed by atoms with van der Waals surface area (Å²) in [5.41, 5.74) is 0.702. The SMILES string of the molecule is O=C(NCc1ccc(F)c(Cl)c1)c1nc2scc(COCC3COC(C(=O)O)CO3)c2c(=O)[nH]1. The monoisotopic (exact) mass is 511 g/mol. The van der Waals surface area contributed by atoms with Crippen LogP contribution in [-0.2, 0) is 32.2 Å². The Morgan fingerprint density at radius 1 is 1.35 bits per heavy atom. The zero-order valence-electron chi connectivity index (χ0n) is 17.5. The van der Waals surface area contributed by atoms with Gasteiger partial charge >= 0.3 is 5.97 Å². The second-order valence-corrected chi connectivity index (χ2v) is 8.68. The molecule has 4 rings (SSSR count). The number of carboxylic acid groups (broad SMARTS) is 1. The van der Waals surface area contributed by atoms with Crippen LogP contribution < -0.4 is 10.9 Å². The Hall–Kier alpha value is -2.90. The third-order valence-corrected chi connectivity index (χ3v) is 6.19. The third kappa shape index (κ3) is 5.59. The number of fused-ring (bicyclic) bond motifs is 1. The minimum absolute atomic E-state index is 0.0555. The molecule has 180 valence electrons. The van der Waals surface area contributed by atoms with Gasteiger partial charge in [0.05, 0.1) is 36.8 Å². The van der Waals surface area contributed by atoms with E-state index in [-0.39, 0.29) is 43.8 Å². The van der Waals surface area contributed by atoms with Crippen molar-refractivity contribution in [3.05, 3.63) is 61.7 Å².